The maximum atomic E-state index is 12.0. The first-order chi connectivity index (χ1) is 8.10. The third-order valence-corrected chi connectivity index (χ3v) is 4.16. The second-order valence-corrected chi connectivity index (χ2v) is 5.57. The highest BCUT2D eigenvalue weighted by Gasteiger charge is 2.39. The van der Waals surface area contributed by atoms with Gasteiger partial charge in [-0.05, 0) is 37.0 Å². The van der Waals surface area contributed by atoms with E-state index in [-0.39, 0.29) is 12.0 Å². The highest BCUT2D eigenvalue weighted by Crippen LogP contribution is 2.49. The number of Topliss-reactive ketones (excluding diaryl/α,β-unsaturated/α-hetero) is 1. The summed E-state index contributed by atoms with van der Waals surface area (Å²) in [5.74, 6) is 1.10. The number of carbonyl (C=O) groups is 1. The second kappa shape index (κ2) is 5.42. The molecule has 0 saturated heterocycles. The predicted octanol–water partition coefficient (Wildman–Crippen LogP) is 3.55. The molecular formula is C13H20F2O2. The molecule has 98 valence electrons. The van der Waals surface area contributed by atoms with Crippen molar-refractivity contribution in [1.29, 1.82) is 0 Å². The largest absolute Gasteiger partial charge is 0.345 e. The van der Waals surface area contributed by atoms with Crippen molar-refractivity contribution in [1.82, 2.24) is 0 Å². The maximum absolute atomic E-state index is 12.0. The van der Waals surface area contributed by atoms with Gasteiger partial charge in [-0.3, -0.25) is 4.79 Å². The fraction of sp³-hybridized carbons (Fsp3) is 0.923. The van der Waals surface area contributed by atoms with E-state index in [0.29, 0.717) is 25.0 Å². The van der Waals surface area contributed by atoms with E-state index in [0.717, 1.165) is 25.2 Å². The van der Waals surface area contributed by atoms with E-state index >= 15 is 0 Å². The summed E-state index contributed by atoms with van der Waals surface area (Å²) in [7, 11) is 0. The molecule has 2 aliphatic rings. The third kappa shape index (κ3) is 4.02. The van der Waals surface area contributed by atoms with Gasteiger partial charge in [-0.15, -0.1) is 0 Å². The molecule has 0 aromatic heterocycles. The summed E-state index contributed by atoms with van der Waals surface area (Å²) in [5.41, 5.74) is 0.101. The number of alkyl halides is 2. The average Bonchev–Trinajstić information content (AvgIpc) is 3.06. The molecule has 2 saturated carbocycles. The lowest BCUT2D eigenvalue weighted by Crippen LogP contribution is -2.30. The fourth-order valence-electron chi connectivity index (χ4n) is 2.91. The molecule has 0 aromatic carbocycles. The number of carbonyl (C=O) groups excluding carboxylic acids is 1. The normalized spacial score (nSPS) is 24.3. The van der Waals surface area contributed by atoms with Crippen LogP contribution in [0.25, 0.3) is 0 Å². The van der Waals surface area contributed by atoms with Crippen LogP contribution in [0.1, 0.15) is 51.4 Å². The molecule has 17 heavy (non-hydrogen) atoms. The van der Waals surface area contributed by atoms with Gasteiger partial charge in [0.1, 0.15) is 5.78 Å². The van der Waals surface area contributed by atoms with Crippen LogP contribution in [-0.4, -0.2) is 19.0 Å². The average molecular weight is 246 g/mol. The van der Waals surface area contributed by atoms with Crippen LogP contribution in [0.3, 0.4) is 0 Å². The first kappa shape index (κ1) is 12.9. The van der Waals surface area contributed by atoms with E-state index in [4.69, 9.17) is 0 Å². The molecule has 0 N–H and O–H groups in total. The van der Waals surface area contributed by atoms with Gasteiger partial charge >= 0.3 is 6.61 Å². The van der Waals surface area contributed by atoms with Gasteiger partial charge in [-0.25, -0.2) is 0 Å². The lowest BCUT2D eigenvalue weighted by Gasteiger charge is -2.37. The lowest BCUT2D eigenvalue weighted by molar-refractivity contribution is -0.138. The van der Waals surface area contributed by atoms with Crippen molar-refractivity contribution in [3.63, 3.8) is 0 Å². The Morgan fingerprint density at radius 2 is 1.94 bits per heavy atom. The van der Waals surface area contributed by atoms with Gasteiger partial charge in [0, 0.05) is 12.8 Å². The van der Waals surface area contributed by atoms with Crippen LogP contribution in [0.5, 0.6) is 0 Å². The SMILES string of the molecule is O=C1CCC(CCOC(F)F)(CC2CC2)CC1. The fourth-order valence-corrected chi connectivity index (χ4v) is 2.91. The third-order valence-electron chi connectivity index (χ3n) is 4.16. The lowest BCUT2D eigenvalue weighted by atomic mass is 9.68. The summed E-state index contributed by atoms with van der Waals surface area (Å²) in [6.45, 7) is -2.54. The highest BCUT2D eigenvalue weighted by molar-refractivity contribution is 5.79. The number of ketones is 1. The number of halogens is 2. The minimum Gasteiger partial charge on any atom is -0.323 e. The topological polar surface area (TPSA) is 26.3 Å². The molecule has 2 fully saturated rings. The second-order valence-electron chi connectivity index (χ2n) is 5.57. The molecule has 0 spiro atoms. The highest BCUT2D eigenvalue weighted by atomic mass is 19.3. The summed E-state index contributed by atoms with van der Waals surface area (Å²) >= 11 is 0. The molecule has 0 atom stereocenters. The first-order valence-corrected chi connectivity index (χ1v) is 6.51. The minimum absolute atomic E-state index is 0.101. The molecule has 2 aliphatic carbocycles. The zero-order chi connectivity index (χ0) is 12.3. The van der Waals surface area contributed by atoms with Crippen molar-refractivity contribution in [2.45, 2.75) is 58.0 Å². The standard InChI is InChI=1S/C13H20F2O2/c14-12(15)17-8-7-13(9-10-1-2-10)5-3-11(16)4-6-13/h10,12H,1-9H2. The van der Waals surface area contributed by atoms with Crippen LogP contribution in [0, 0.1) is 11.3 Å². The van der Waals surface area contributed by atoms with Crippen LogP contribution in [0.4, 0.5) is 8.78 Å². The summed E-state index contributed by atoms with van der Waals surface area (Å²) in [5, 5.41) is 0. The van der Waals surface area contributed by atoms with E-state index in [1.54, 1.807) is 0 Å². The van der Waals surface area contributed by atoms with Crippen molar-refractivity contribution in [3.05, 3.63) is 0 Å². The van der Waals surface area contributed by atoms with Gasteiger partial charge in [0.25, 0.3) is 0 Å². The summed E-state index contributed by atoms with van der Waals surface area (Å²) in [6.07, 6.45) is 7.32. The molecule has 4 heteroatoms. The van der Waals surface area contributed by atoms with Crippen molar-refractivity contribution in [2.75, 3.05) is 6.61 Å². The number of hydrogen-bond donors (Lipinski definition) is 0. The van der Waals surface area contributed by atoms with Crippen LogP contribution in [0.2, 0.25) is 0 Å². The molecule has 0 unspecified atom stereocenters. The summed E-state index contributed by atoms with van der Waals surface area (Å²) in [6, 6.07) is 0. The molecule has 0 bridgehead atoms. The molecule has 0 heterocycles. The minimum atomic E-state index is -2.67. The quantitative estimate of drug-likeness (QED) is 0.716. The Hall–Kier alpha value is -0.510. The van der Waals surface area contributed by atoms with E-state index in [2.05, 4.69) is 4.74 Å². The van der Waals surface area contributed by atoms with Crippen molar-refractivity contribution in [2.24, 2.45) is 11.3 Å². The van der Waals surface area contributed by atoms with Crippen LogP contribution >= 0.6 is 0 Å². The van der Waals surface area contributed by atoms with E-state index in [9.17, 15) is 13.6 Å². The molecular weight excluding hydrogens is 226 g/mol. The number of hydrogen-bond acceptors (Lipinski definition) is 2. The van der Waals surface area contributed by atoms with Crippen molar-refractivity contribution >= 4 is 5.78 Å². The van der Waals surface area contributed by atoms with Crippen LogP contribution in [-0.2, 0) is 9.53 Å². The van der Waals surface area contributed by atoms with Crippen LogP contribution in [0.15, 0.2) is 0 Å². The first-order valence-electron chi connectivity index (χ1n) is 6.51. The van der Waals surface area contributed by atoms with Gasteiger partial charge in [-0.1, -0.05) is 12.8 Å². The maximum Gasteiger partial charge on any atom is 0.345 e. The Balaban J connectivity index is 1.84. The summed E-state index contributed by atoms with van der Waals surface area (Å²) < 4.78 is 28.3. The molecule has 2 rings (SSSR count). The van der Waals surface area contributed by atoms with Gasteiger partial charge in [0.2, 0.25) is 0 Å². The van der Waals surface area contributed by atoms with E-state index in [1.807, 2.05) is 0 Å². The Labute approximate surface area is 101 Å². The monoisotopic (exact) mass is 246 g/mol. The van der Waals surface area contributed by atoms with Gasteiger partial charge in [0.05, 0.1) is 6.61 Å². The van der Waals surface area contributed by atoms with E-state index in [1.165, 1.54) is 12.8 Å². The zero-order valence-electron chi connectivity index (χ0n) is 10.1. The molecule has 0 aliphatic heterocycles. The Morgan fingerprint density at radius 1 is 1.29 bits per heavy atom. The molecule has 0 radical (unpaired) electrons. The summed E-state index contributed by atoms with van der Waals surface area (Å²) in [4.78, 5) is 11.3. The smallest absolute Gasteiger partial charge is 0.323 e. The number of rotatable bonds is 6. The van der Waals surface area contributed by atoms with E-state index < -0.39 is 6.61 Å². The van der Waals surface area contributed by atoms with Gasteiger partial charge in [-0.2, -0.15) is 8.78 Å². The molecule has 0 amide bonds. The molecule has 0 aromatic rings. The Bertz CT molecular complexity index is 265. The van der Waals surface area contributed by atoms with Crippen molar-refractivity contribution in [3.8, 4) is 0 Å². The predicted molar refractivity (Wildman–Crippen MR) is 59.8 cm³/mol. The molecule has 2 nitrogen and oxygen atoms in total. The zero-order valence-corrected chi connectivity index (χ0v) is 10.1. The Morgan fingerprint density at radius 3 is 2.47 bits per heavy atom. The number of ether oxygens (including phenoxy) is 1. The van der Waals surface area contributed by atoms with Crippen molar-refractivity contribution < 1.29 is 18.3 Å². The Kier molecular flexibility index (Phi) is 4.13. The van der Waals surface area contributed by atoms with Crippen LogP contribution < -0.4 is 0 Å². The van der Waals surface area contributed by atoms with Gasteiger partial charge < -0.3 is 4.74 Å². The van der Waals surface area contributed by atoms with Gasteiger partial charge in [0.15, 0.2) is 0 Å².